The van der Waals surface area contributed by atoms with Crippen LogP contribution in [0.25, 0.3) is 11.4 Å². The van der Waals surface area contributed by atoms with Gasteiger partial charge in [-0.15, -0.1) is 10.2 Å². The number of carbonyl (C=O) groups excluding carboxylic acids is 1. The van der Waals surface area contributed by atoms with Crippen molar-refractivity contribution in [2.45, 2.75) is 13.1 Å². The molecule has 2 aromatic carbocycles. The average molecular weight is 343 g/mol. The standard InChI is InChI=1S/C17H15F2N5O/c1-23(10-13-7-8-14(18)9-15(13)19)16(25)11-24-21-17(20-22-24)12-5-3-2-4-6-12/h2-9H,10-11H2,1H3. The molecule has 0 fully saturated rings. The van der Waals surface area contributed by atoms with Crippen molar-refractivity contribution >= 4 is 5.91 Å². The van der Waals surface area contributed by atoms with E-state index in [4.69, 9.17) is 0 Å². The number of hydrogen-bond donors (Lipinski definition) is 0. The lowest BCUT2D eigenvalue weighted by atomic mass is 10.2. The lowest BCUT2D eigenvalue weighted by molar-refractivity contribution is -0.131. The molecule has 128 valence electrons. The van der Waals surface area contributed by atoms with E-state index >= 15 is 0 Å². The summed E-state index contributed by atoms with van der Waals surface area (Å²) >= 11 is 0. The van der Waals surface area contributed by atoms with Crippen LogP contribution in [-0.4, -0.2) is 38.1 Å². The van der Waals surface area contributed by atoms with Crippen LogP contribution in [0.15, 0.2) is 48.5 Å². The number of benzene rings is 2. The molecule has 25 heavy (non-hydrogen) atoms. The predicted octanol–water partition coefficient (Wildman–Crippen LogP) is 2.28. The summed E-state index contributed by atoms with van der Waals surface area (Å²) < 4.78 is 26.6. The fraction of sp³-hybridized carbons (Fsp3) is 0.176. The summed E-state index contributed by atoms with van der Waals surface area (Å²) in [7, 11) is 1.53. The quantitative estimate of drug-likeness (QED) is 0.713. The first kappa shape index (κ1) is 16.7. The van der Waals surface area contributed by atoms with Crippen molar-refractivity contribution in [2.75, 3.05) is 7.05 Å². The monoisotopic (exact) mass is 343 g/mol. The van der Waals surface area contributed by atoms with Gasteiger partial charge >= 0.3 is 0 Å². The largest absolute Gasteiger partial charge is 0.340 e. The van der Waals surface area contributed by atoms with E-state index in [1.165, 1.54) is 22.8 Å². The van der Waals surface area contributed by atoms with E-state index in [1.807, 2.05) is 30.3 Å². The van der Waals surface area contributed by atoms with Crippen LogP contribution in [-0.2, 0) is 17.9 Å². The van der Waals surface area contributed by atoms with Crippen LogP contribution in [0.4, 0.5) is 8.78 Å². The van der Waals surface area contributed by atoms with Gasteiger partial charge in [0.1, 0.15) is 18.2 Å². The normalized spacial score (nSPS) is 10.7. The molecule has 1 amide bonds. The third-order valence-corrected chi connectivity index (χ3v) is 3.61. The van der Waals surface area contributed by atoms with Gasteiger partial charge in [0.05, 0.1) is 0 Å². The van der Waals surface area contributed by atoms with Crippen molar-refractivity contribution in [1.29, 1.82) is 0 Å². The van der Waals surface area contributed by atoms with Crippen molar-refractivity contribution in [3.05, 3.63) is 65.7 Å². The van der Waals surface area contributed by atoms with Crippen LogP contribution in [0.1, 0.15) is 5.56 Å². The summed E-state index contributed by atoms with van der Waals surface area (Å²) in [5, 5.41) is 11.9. The number of halogens is 2. The zero-order chi connectivity index (χ0) is 17.8. The highest BCUT2D eigenvalue weighted by Gasteiger charge is 2.15. The first-order valence-corrected chi connectivity index (χ1v) is 7.54. The Labute approximate surface area is 142 Å². The number of tetrazole rings is 1. The maximum atomic E-state index is 13.7. The second-order valence-corrected chi connectivity index (χ2v) is 5.50. The van der Waals surface area contributed by atoms with Crippen molar-refractivity contribution in [3.63, 3.8) is 0 Å². The Bertz CT molecular complexity index is 882. The fourth-order valence-electron chi connectivity index (χ4n) is 2.25. The third-order valence-electron chi connectivity index (χ3n) is 3.61. The molecule has 0 aliphatic carbocycles. The Balaban J connectivity index is 1.65. The Morgan fingerprint density at radius 3 is 2.64 bits per heavy atom. The zero-order valence-electron chi connectivity index (χ0n) is 13.4. The molecule has 0 saturated heterocycles. The minimum atomic E-state index is -0.690. The van der Waals surface area contributed by atoms with Crippen molar-refractivity contribution in [1.82, 2.24) is 25.1 Å². The topological polar surface area (TPSA) is 63.9 Å². The molecule has 3 aromatic rings. The number of amides is 1. The highest BCUT2D eigenvalue weighted by atomic mass is 19.1. The molecule has 3 rings (SSSR count). The van der Waals surface area contributed by atoms with E-state index in [-0.39, 0.29) is 24.6 Å². The minimum Gasteiger partial charge on any atom is -0.340 e. The van der Waals surface area contributed by atoms with Gasteiger partial charge in [0.2, 0.25) is 11.7 Å². The smallest absolute Gasteiger partial charge is 0.246 e. The molecule has 0 unspecified atom stereocenters. The van der Waals surface area contributed by atoms with E-state index in [1.54, 1.807) is 0 Å². The molecule has 0 N–H and O–H groups in total. The predicted molar refractivity (Wildman–Crippen MR) is 86.1 cm³/mol. The highest BCUT2D eigenvalue weighted by Crippen LogP contribution is 2.13. The van der Waals surface area contributed by atoms with E-state index in [2.05, 4.69) is 15.4 Å². The molecular weight excluding hydrogens is 328 g/mol. The molecule has 0 aliphatic rings. The summed E-state index contributed by atoms with van der Waals surface area (Å²) in [5.41, 5.74) is 1.02. The third kappa shape index (κ3) is 4.03. The van der Waals surface area contributed by atoms with Gasteiger partial charge in [0, 0.05) is 30.8 Å². The second-order valence-electron chi connectivity index (χ2n) is 5.50. The Hall–Kier alpha value is -3.16. The lowest BCUT2D eigenvalue weighted by Gasteiger charge is -2.17. The van der Waals surface area contributed by atoms with E-state index in [0.29, 0.717) is 5.82 Å². The average Bonchev–Trinajstić information content (AvgIpc) is 3.06. The molecule has 0 radical (unpaired) electrons. The molecule has 0 aliphatic heterocycles. The minimum absolute atomic E-state index is 0.0190. The number of aromatic nitrogens is 4. The maximum Gasteiger partial charge on any atom is 0.246 e. The summed E-state index contributed by atoms with van der Waals surface area (Å²) in [4.78, 5) is 14.7. The van der Waals surface area contributed by atoms with Gasteiger partial charge in [-0.1, -0.05) is 36.4 Å². The molecule has 8 heteroatoms. The van der Waals surface area contributed by atoms with Gasteiger partial charge in [-0.05, 0) is 11.3 Å². The Morgan fingerprint density at radius 2 is 1.92 bits per heavy atom. The van der Waals surface area contributed by atoms with Gasteiger partial charge in [0.15, 0.2) is 0 Å². The maximum absolute atomic E-state index is 13.7. The lowest BCUT2D eigenvalue weighted by Crippen LogP contribution is -2.30. The number of carbonyl (C=O) groups is 1. The molecule has 1 heterocycles. The molecule has 0 saturated carbocycles. The fourth-order valence-corrected chi connectivity index (χ4v) is 2.25. The molecule has 1 aromatic heterocycles. The van der Waals surface area contributed by atoms with Crippen molar-refractivity contribution < 1.29 is 13.6 Å². The first-order chi connectivity index (χ1) is 12.0. The van der Waals surface area contributed by atoms with Crippen LogP contribution in [0.2, 0.25) is 0 Å². The summed E-state index contributed by atoms with van der Waals surface area (Å²) in [6.45, 7) is -0.107. The summed E-state index contributed by atoms with van der Waals surface area (Å²) in [6, 6.07) is 12.5. The second kappa shape index (κ2) is 7.16. The summed E-state index contributed by atoms with van der Waals surface area (Å²) in [5.74, 6) is -1.25. The number of hydrogen-bond acceptors (Lipinski definition) is 4. The van der Waals surface area contributed by atoms with E-state index in [9.17, 15) is 13.6 Å². The SMILES string of the molecule is CN(Cc1ccc(F)cc1F)C(=O)Cn1nnc(-c2ccccc2)n1. The highest BCUT2D eigenvalue weighted by molar-refractivity contribution is 5.75. The van der Waals surface area contributed by atoms with Crippen LogP contribution >= 0.6 is 0 Å². The van der Waals surface area contributed by atoms with E-state index in [0.717, 1.165) is 17.7 Å². The van der Waals surface area contributed by atoms with Crippen molar-refractivity contribution in [3.8, 4) is 11.4 Å². The first-order valence-electron chi connectivity index (χ1n) is 7.54. The van der Waals surface area contributed by atoms with Gasteiger partial charge in [-0.2, -0.15) is 4.80 Å². The summed E-state index contributed by atoms with van der Waals surface area (Å²) in [6.07, 6.45) is 0. The molecule has 0 spiro atoms. The van der Waals surface area contributed by atoms with Crippen LogP contribution < -0.4 is 0 Å². The molecule has 0 atom stereocenters. The van der Waals surface area contributed by atoms with Gasteiger partial charge < -0.3 is 4.90 Å². The van der Waals surface area contributed by atoms with Crippen molar-refractivity contribution in [2.24, 2.45) is 0 Å². The number of likely N-dealkylation sites (N-methyl/N-ethyl adjacent to an activating group) is 1. The zero-order valence-corrected chi connectivity index (χ0v) is 13.4. The molecule has 6 nitrogen and oxygen atoms in total. The van der Waals surface area contributed by atoms with Crippen LogP contribution in [0, 0.1) is 11.6 Å². The van der Waals surface area contributed by atoms with E-state index < -0.39 is 11.6 Å². The Kier molecular flexibility index (Phi) is 4.78. The molecule has 0 bridgehead atoms. The number of rotatable bonds is 5. The van der Waals surface area contributed by atoms with Gasteiger partial charge in [-0.25, -0.2) is 8.78 Å². The Morgan fingerprint density at radius 1 is 1.16 bits per heavy atom. The number of nitrogens with zero attached hydrogens (tertiary/aromatic N) is 5. The van der Waals surface area contributed by atoms with Crippen LogP contribution in [0.5, 0.6) is 0 Å². The van der Waals surface area contributed by atoms with Gasteiger partial charge in [-0.3, -0.25) is 4.79 Å². The molecular formula is C17H15F2N5O. The van der Waals surface area contributed by atoms with Gasteiger partial charge in [0.25, 0.3) is 0 Å². The van der Waals surface area contributed by atoms with Crippen LogP contribution in [0.3, 0.4) is 0 Å².